The highest BCUT2D eigenvalue weighted by Gasteiger charge is 2.23. The Morgan fingerprint density at radius 3 is 2.67 bits per heavy atom. The molecule has 1 aliphatic rings. The molecule has 0 aromatic heterocycles. The number of carboxylic acid groups (broad SMARTS) is 1. The van der Waals surface area contributed by atoms with E-state index in [4.69, 9.17) is 5.11 Å². The summed E-state index contributed by atoms with van der Waals surface area (Å²) in [5, 5.41) is 11.6. The van der Waals surface area contributed by atoms with Crippen molar-refractivity contribution >= 4 is 23.6 Å². The minimum atomic E-state index is -0.985. The number of rotatable bonds is 6. The van der Waals surface area contributed by atoms with Gasteiger partial charge in [0.2, 0.25) is 5.91 Å². The van der Waals surface area contributed by atoms with Gasteiger partial charge in [-0.1, -0.05) is 19.9 Å². The zero-order valence-corrected chi connectivity index (χ0v) is 13.2. The number of benzene rings is 1. The minimum Gasteiger partial charge on any atom is -0.480 e. The smallest absolute Gasteiger partial charge is 0.326 e. The molecule has 4 nitrogen and oxygen atoms in total. The summed E-state index contributed by atoms with van der Waals surface area (Å²) in [4.78, 5) is 24.0. The van der Waals surface area contributed by atoms with Crippen molar-refractivity contribution in [3.63, 3.8) is 0 Å². The van der Waals surface area contributed by atoms with Crippen LogP contribution in [0.5, 0.6) is 0 Å². The van der Waals surface area contributed by atoms with Crippen LogP contribution in [0.15, 0.2) is 23.1 Å². The average Bonchev–Trinajstić information content (AvgIpc) is 2.89. The molecule has 0 saturated heterocycles. The predicted octanol–water partition coefficient (Wildman–Crippen LogP) is 2.49. The quantitative estimate of drug-likeness (QED) is 0.793. The summed E-state index contributed by atoms with van der Waals surface area (Å²) < 4.78 is 0. The fourth-order valence-corrected chi connectivity index (χ4v) is 3.29. The molecule has 1 amide bonds. The molecular formula is C16H21NO3S. The van der Waals surface area contributed by atoms with Crippen molar-refractivity contribution in [3.8, 4) is 0 Å². The Labute approximate surface area is 129 Å². The van der Waals surface area contributed by atoms with Crippen molar-refractivity contribution in [2.24, 2.45) is 5.92 Å². The van der Waals surface area contributed by atoms with Crippen LogP contribution in [0.4, 0.5) is 0 Å². The number of nitrogens with one attached hydrogen (secondary N) is 1. The molecule has 0 saturated carbocycles. The zero-order valence-electron chi connectivity index (χ0n) is 12.4. The molecule has 0 aliphatic heterocycles. The largest absolute Gasteiger partial charge is 0.480 e. The summed E-state index contributed by atoms with van der Waals surface area (Å²) in [5.41, 5.74) is 2.79. The van der Waals surface area contributed by atoms with E-state index in [1.54, 1.807) is 13.8 Å². The molecular weight excluding hydrogens is 286 g/mol. The molecule has 0 radical (unpaired) electrons. The lowest BCUT2D eigenvalue weighted by Crippen LogP contribution is -2.45. The third-order valence-corrected chi connectivity index (χ3v) is 4.68. The molecule has 0 heterocycles. The van der Waals surface area contributed by atoms with E-state index in [1.807, 2.05) is 6.07 Å². The molecule has 21 heavy (non-hydrogen) atoms. The molecule has 0 spiro atoms. The van der Waals surface area contributed by atoms with Gasteiger partial charge in [-0.15, -0.1) is 11.8 Å². The lowest BCUT2D eigenvalue weighted by atomic mass is 10.1. The SMILES string of the molecule is CC(C)[C@H](NC(=O)CSc1ccc2c(c1)CCC2)C(=O)O. The maximum atomic E-state index is 11.9. The summed E-state index contributed by atoms with van der Waals surface area (Å²) >= 11 is 1.45. The number of hydrogen-bond donors (Lipinski definition) is 2. The van der Waals surface area contributed by atoms with Crippen LogP contribution in [0.1, 0.15) is 31.4 Å². The summed E-state index contributed by atoms with van der Waals surface area (Å²) in [7, 11) is 0. The number of carbonyl (C=O) groups is 2. The van der Waals surface area contributed by atoms with Crippen molar-refractivity contribution < 1.29 is 14.7 Å². The number of carbonyl (C=O) groups excluding carboxylic acids is 1. The Bertz CT molecular complexity index is 542. The summed E-state index contributed by atoms with van der Waals surface area (Å²) in [6.07, 6.45) is 3.47. The Balaban J connectivity index is 1.88. The Morgan fingerprint density at radius 2 is 2.00 bits per heavy atom. The molecule has 0 fully saturated rings. The van der Waals surface area contributed by atoms with Crippen LogP contribution in [0.3, 0.4) is 0 Å². The second-order valence-electron chi connectivity index (χ2n) is 5.70. The van der Waals surface area contributed by atoms with E-state index in [-0.39, 0.29) is 17.6 Å². The van der Waals surface area contributed by atoms with Gasteiger partial charge in [-0.3, -0.25) is 4.79 Å². The van der Waals surface area contributed by atoms with Crippen molar-refractivity contribution in [1.29, 1.82) is 0 Å². The van der Waals surface area contributed by atoms with E-state index in [1.165, 1.54) is 29.3 Å². The summed E-state index contributed by atoms with van der Waals surface area (Å²) in [6, 6.07) is 5.51. The molecule has 0 unspecified atom stereocenters. The monoisotopic (exact) mass is 307 g/mol. The van der Waals surface area contributed by atoms with Gasteiger partial charge < -0.3 is 10.4 Å². The first-order chi connectivity index (χ1) is 9.97. The maximum Gasteiger partial charge on any atom is 0.326 e. The van der Waals surface area contributed by atoms with E-state index in [0.717, 1.165) is 17.7 Å². The van der Waals surface area contributed by atoms with Gasteiger partial charge in [-0.05, 0) is 48.4 Å². The van der Waals surface area contributed by atoms with Crippen molar-refractivity contribution in [2.75, 3.05) is 5.75 Å². The Hall–Kier alpha value is -1.49. The van der Waals surface area contributed by atoms with Crippen molar-refractivity contribution in [2.45, 2.75) is 44.0 Å². The fraction of sp³-hybridized carbons (Fsp3) is 0.500. The van der Waals surface area contributed by atoms with Crippen molar-refractivity contribution in [1.82, 2.24) is 5.32 Å². The highest BCUT2D eigenvalue weighted by atomic mass is 32.2. The van der Waals surface area contributed by atoms with Crippen LogP contribution >= 0.6 is 11.8 Å². The topological polar surface area (TPSA) is 66.4 Å². The molecule has 2 N–H and O–H groups in total. The van der Waals surface area contributed by atoms with Crippen LogP contribution in [0.2, 0.25) is 0 Å². The number of amides is 1. The maximum absolute atomic E-state index is 11.9. The molecule has 0 bridgehead atoms. The Kier molecular flexibility index (Phi) is 5.28. The van der Waals surface area contributed by atoms with Crippen LogP contribution < -0.4 is 5.32 Å². The fourth-order valence-electron chi connectivity index (χ4n) is 2.52. The lowest BCUT2D eigenvalue weighted by Gasteiger charge is -2.17. The predicted molar refractivity (Wildman–Crippen MR) is 83.6 cm³/mol. The molecule has 1 aliphatic carbocycles. The van der Waals surface area contributed by atoms with Gasteiger partial charge in [-0.25, -0.2) is 4.79 Å². The van der Waals surface area contributed by atoms with Gasteiger partial charge in [0.25, 0.3) is 0 Å². The van der Waals surface area contributed by atoms with E-state index < -0.39 is 12.0 Å². The number of aryl methyl sites for hydroxylation is 2. The van der Waals surface area contributed by atoms with Crippen LogP contribution in [-0.4, -0.2) is 28.8 Å². The highest BCUT2D eigenvalue weighted by molar-refractivity contribution is 8.00. The molecule has 114 valence electrons. The highest BCUT2D eigenvalue weighted by Crippen LogP contribution is 2.27. The van der Waals surface area contributed by atoms with Gasteiger partial charge in [0, 0.05) is 4.90 Å². The van der Waals surface area contributed by atoms with E-state index >= 15 is 0 Å². The number of thioether (sulfide) groups is 1. The average molecular weight is 307 g/mol. The van der Waals surface area contributed by atoms with E-state index in [0.29, 0.717) is 0 Å². The first-order valence-corrected chi connectivity index (χ1v) is 8.22. The molecule has 1 aromatic rings. The van der Waals surface area contributed by atoms with Gasteiger partial charge in [0.1, 0.15) is 6.04 Å². The van der Waals surface area contributed by atoms with Gasteiger partial charge in [0.15, 0.2) is 0 Å². The van der Waals surface area contributed by atoms with Crippen LogP contribution in [-0.2, 0) is 22.4 Å². The number of carboxylic acids is 1. The van der Waals surface area contributed by atoms with Gasteiger partial charge >= 0.3 is 5.97 Å². The number of fused-ring (bicyclic) bond motifs is 1. The van der Waals surface area contributed by atoms with E-state index in [9.17, 15) is 9.59 Å². The zero-order chi connectivity index (χ0) is 15.4. The molecule has 1 aromatic carbocycles. The first kappa shape index (κ1) is 15.9. The Morgan fingerprint density at radius 1 is 1.29 bits per heavy atom. The molecule has 5 heteroatoms. The van der Waals surface area contributed by atoms with Gasteiger partial charge in [0.05, 0.1) is 5.75 Å². The summed E-state index contributed by atoms with van der Waals surface area (Å²) in [5.74, 6) is -1.10. The third kappa shape index (κ3) is 4.24. The normalized spacial score (nSPS) is 14.8. The van der Waals surface area contributed by atoms with E-state index in [2.05, 4.69) is 17.4 Å². The molecule has 1 atom stereocenters. The molecule has 2 rings (SSSR count). The number of aliphatic carboxylic acids is 1. The third-order valence-electron chi connectivity index (χ3n) is 3.69. The lowest BCUT2D eigenvalue weighted by molar-refractivity contribution is -0.142. The van der Waals surface area contributed by atoms with Gasteiger partial charge in [-0.2, -0.15) is 0 Å². The second kappa shape index (κ2) is 6.98. The van der Waals surface area contributed by atoms with Crippen molar-refractivity contribution in [3.05, 3.63) is 29.3 Å². The first-order valence-electron chi connectivity index (χ1n) is 7.24. The van der Waals surface area contributed by atoms with Crippen LogP contribution in [0, 0.1) is 5.92 Å². The summed E-state index contributed by atoms with van der Waals surface area (Å²) in [6.45, 7) is 3.57. The number of hydrogen-bond acceptors (Lipinski definition) is 3. The minimum absolute atomic E-state index is 0.128. The standard InChI is InChI=1S/C16H21NO3S/c1-10(2)15(16(19)20)17-14(18)9-21-13-7-6-11-4-3-5-12(11)8-13/h6-8,10,15H,3-5,9H2,1-2H3,(H,17,18)(H,19,20)/t15-/m0/s1. The second-order valence-corrected chi connectivity index (χ2v) is 6.75. The van der Waals surface area contributed by atoms with Crippen LogP contribution in [0.25, 0.3) is 0 Å².